The van der Waals surface area contributed by atoms with Crippen molar-refractivity contribution in [2.24, 2.45) is 0 Å². The summed E-state index contributed by atoms with van der Waals surface area (Å²) in [5.74, 6) is 2.02. The first-order valence-corrected chi connectivity index (χ1v) is 6.04. The van der Waals surface area contributed by atoms with Gasteiger partial charge in [0.1, 0.15) is 11.6 Å². The monoisotopic (exact) mass is 230 g/mol. The maximum atomic E-state index is 4.47. The molecule has 0 amide bonds. The molecule has 0 unspecified atom stereocenters. The van der Waals surface area contributed by atoms with Gasteiger partial charge in [-0.15, -0.1) is 0 Å². The first kappa shape index (κ1) is 11.8. The molecule has 1 N–H and O–H groups in total. The molecule has 0 atom stereocenters. The van der Waals surface area contributed by atoms with Gasteiger partial charge in [-0.25, -0.2) is 9.97 Å². The van der Waals surface area contributed by atoms with Gasteiger partial charge in [-0.1, -0.05) is 19.9 Å². The summed E-state index contributed by atoms with van der Waals surface area (Å²) in [5.41, 5.74) is 1.20. The van der Waals surface area contributed by atoms with Gasteiger partial charge in [-0.2, -0.15) is 0 Å². The van der Waals surface area contributed by atoms with E-state index in [-0.39, 0.29) is 0 Å². The van der Waals surface area contributed by atoms with Crippen LogP contribution in [-0.2, 0) is 13.0 Å². The summed E-state index contributed by atoms with van der Waals surface area (Å²) in [6.45, 7) is 6.00. The Kier molecular flexibility index (Phi) is 3.88. The summed E-state index contributed by atoms with van der Waals surface area (Å²) in [6.07, 6.45) is 6.52. The van der Waals surface area contributed by atoms with E-state index in [1.165, 1.54) is 5.56 Å². The lowest BCUT2D eigenvalue weighted by Gasteiger charge is -2.11. The maximum Gasteiger partial charge on any atom is 0.142 e. The fourth-order valence-corrected chi connectivity index (χ4v) is 1.83. The lowest BCUT2D eigenvalue weighted by Crippen LogP contribution is -2.15. The molecule has 0 saturated heterocycles. The summed E-state index contributed by atoms with van der Waals surface area (Å²) >= 11 is 0. The number of aryl methyl sites for hydroxylation is 1. The van der Waals surface area contributed by atoms with Crippen molar-refractivity contribution in [3.8, 4) is 5.82 Å². The number of hydrogen-bond donors (Lipinski definition) is 1. The molecule has 2 aromatic rings. The minimum Gasteiger partial charge on any atom is -0.313 e. The third kappa shape index (κ3) is 2.53. The van der Waals surface area contributed by atoms with Crippen LogP contribution >= 0.6 is 0 Å². The van der Waals surface area contributed by atoms with Crippen LogP contribution in [0.2, 0.25) is 0 Å². The molecule has 4 nitrogen and oxygen atoms in total. The second-order valence-electron chi connectivity index (χ2n) is 3.83. The molecule has 0 fully saturated rings. The maximum absolute atomic E-state index is 4.47. The normalized spacial score (nSPS) is 10.7. The van der Waals surface area contributed by atoms with Gasteiger partial charge in [-0.3, -0.25) is 4.57 Å². The standard InChI is InChI=1S/C13H18N4/c1-3-12-15-8-9-17(12)13-11(10-14-4-2)6-5-7-16-13/h5-9,14H,3-4,10H2,1-2H3. The summed E-state index contributed by atoms with van der Waals surface area (Å²) in [6, 6.07) is 4.07. The van der Waals surface area contributed by atoms with Crippen molar-refractivity contribution in [3.05, 3.63) is 42.1 Å². The predicted octanol–water partition coefficient (Wildman–Crippen LogP) is 1.94. The van der Waals surface area contributed by atoms with Gasteiger partial charge in [0.25, 0.3) is 0 Å². The molecule has 0 aliphatic heterocycles. The molecule has 90 valence electrons. The van der Waals surface area contributed by atoms with Crippen molar-refractivity contribution in [2.45, 2.75) is 26.8 Å². The lowest BCUT2D eigenvalue weighted by molar-refractivity contribution is 0.715. The van der Waals surface area contributed by atoms with Gasteiger partial charge >= 0.3 is 0 Å². The van der Waals surface area contributed by atoms with E-state index < -0.39 is 0 Å². The van der Waals surface area contributed by atoms with E-state index in [1.807, 2.05) is 24.7 Å². The van der Waals surface area contributed by atoms with Crippen LogP contribution in [0.4, 0.5) is 0 Å². The molecule has 4 heteroatoms. The Morgan fingerprint density at radius 2 is 2.12 bits per heavy atom. The van der Waals surface area contributed by atoms with E-state index in [1.54, 1.807) is 0 Å². The summed E-state index contributed by atoms with van der Waals surface area (Å²) in [4.78, 5) is 8.80. The SMILES string of the molecule is CCNCc1cccnc1-n1ccnc1CC. The van der Waals surface area contributed by atoms with Gasteiger partial charge in [0.05, 0.1) is 0 Å². The van der Waals surface area contributed by atoms with Gasteiger partial charge in [0.2, 0.25) is 0 Å². The second-order valence-corrected chi connectivity index (χ2v) is 3.83. The molecule has 0 spiro atoms. The molecule has 0 saturated carbocycles. The highest BCUT2D eigenvalue weighted by molar-refractivity contribution is 5.34. The Hall–Kier alpha value is -1.68. The number of rotatable bonds is 5. The lowest BCUT2D eigenvalue weighted by atomic mass is 10.2. The van der Waals surface area contributed by atoms with Crippen LogP contribution in [0.25, 0.3) is 5.82 Å². The largest absolute Gasteiger partial charge is 0.313 e. The zero-order chi connectivity index (χ0) is 12.1. The molecule has 17 heavy (non-hydrogen) atoms. The molecule has 2 rings (SSSR count). The zero-order valence-electron chi connectivity index (χ0n) is 10.3. The Morgan fingerprint density at radius 1 is 1.24 bits per heavy atom. The van der Waals surface area contributed by atoms with Crippen molar-refractivity contribution < 1.29 is 0 Å². The average molecular weight is 230 g/mol. The number of imidazole rings is 1. The van der Waals surface area contributed by atoms with Crippen molar-refractivity contribution in [2.75, 3.05) is 6.54 Å². The van der Waals surface area contributed by atoms with Crippen molar-refractivity contribution in [3.63, 3.8) is 0 Å². The van der Waals surface area contributed by atoms with E-state index in [9.17, 15) is 0 Å². The average Bonchev–Trinajstić information content (AvgIpc) is 2.84. The van der Waals surface area contributed by atoms with Crippen LogP contribution < -0.4 is 5.32 Å². The van der Waals surface area contributed by atoms with E-state index in [2.05, 4.69) is 39.8 Å². The van der Waals surface area contributed by atoms with Gasteiger partial charge < -0.3 is 5.32 Å². The number of hydrogen-bond acceptors (Lipinski definition) is 3. The van der Waals surface area contributed by atoms with E-state index in [0.29, 0.717) is 0 Å². The Morgan fingerprint density at radius 3 is 2.88 bits per heavy atom. The fraction of sp³-hybridized carbons (Fsp3) is 0.385. The van der Waals surface area contributed by atoms with Crippen molar-refractivity contribution in [1.82, 2.24) is 19.9 Å². The highest BCUT2D eigenvalue weighted by Crippen LogP contribution is 2.13. The molecule has 2 aromatic heterocycles. The third-order valence-electron chi connectivity index (χ3n) is 2.69. The fourth-order valence-electron chi connectivity index (χ4n) is 1.83. The van der Waals surface area contributed by atoms with Crippen LogP contribution in [0, 0.1) is 0 Å². The van der Waals surface area contributed by atoms with Crippen LogP contribution in [0.5, 0.6) is 0 Å². The van der Waals surface area contributed by atoms with Gasteiger partial charge in [0, 0.05) is 37.1 Å². The molecule has 2 heterocycles. The zero-order valence-corrected chi connectivity index (χ0v) is 10.3. The first-order valence-electron chi connectivity index (χ1n) is 6.04. The minimum absolute atomic E-state index is 0.834. The highest BCUT2D eigenvalue weighted by Gasteiger charge is 2.08. The van der Waals surface area contributed by atoms with Crippen molar-refractivity contribution in [1.29, 1.82) is 0 Å². The molecular weight excluding hydrogens is 212 g/mol. The molecule has 0 radical (unpaired) electrons. The highest BCUT2D eigenvalue weighted by atomic mass is 15.1. The Balaban J connectivity index is 2.37. The van der Waals surface area contributed by atoms with Crippen molar-refractivity contribution >= 4 is 0 Å². The summed E-state index contributed by atoms with van der Waals surface area (Å²) in [5, 5.41) is 3.33. The van der Waals surface area contributed by atoms with E-state index in [0.717, 1.165) is 31.2 Å². The quantitative estimate of drug-likeness (QED) is 0.853. The van der Waals surface area contributed by atoms with Crippen LogP contribution in [-0.4, -0.2) is 21.1 Å². The van der Waals surface area contributed by atoms with E-state index in [4.69, 9.17) is 0 Å². The molecule has 0 bridgehead atoms. The smallest absolute Gasteiger partial charge is 0.142 e. The molecule has 0 aliphatic carbocycles. The Labute approximate surface area is 102 Å². The van der Waals surface area contributed by atoms with Gasteiger partial charge in [0.15, 0.2) is 0 Å². The van der Waals surface area contributed by atoms with Crippen LogP contribution in [0.1, 0.15) is 25.2 Å². The second kappa shape index (κ2) is 5.59. The molecular formula is C13H18N4. The third-order valence-corrected chi connectivity index (χ3v) is 2.69. The summed E-state index contributed by atoms with van der Waals surface area (Å²) < 4.78 is 2.06. The van der Waals surface area contributed by atoms with E-state index >= 15 is 0 Å². The minimum atomic E-state index is 0.834. The first-order chi connectivity index (χ1) is 8.36. The molecule has 0 aliphatic rings. The van der Waals surface area contributed by atoms with Crippen LogP contribution in [0.15, 0.2) is 30.7 Å². The molecule has 0 aromatic carbocycles. The number of pyridine rings is 1. The summed E-state index contributed by atoms with van der Waals surface area (Å²) in [7, 11) is 0. The number of aromatic nitrogens is 3. The Bertz CT molecular complexity index is 476. The van der Waals surface area contributed by atoms with Crippen LogP contribution in [0.3, 0.4) is 0 Å². The van der Waals surface area contributed by atoms with Gasteiger partial charge in [-0.05, 0) is 12.6 Å². The topological polar surface area (TPSA) is 42.7 Å². The number of nitrogens with zero attached hydrogens (tertiary/aromatic N) is 3. The predicted molar refractivity (Wildman–Crippen MR) is 68.1 cm³/mol. The number of nitrogens with one attached hydrogen (secondary N) is 1.